The van der Waals surface area contributed by atoms with Crippen LogP contribution in [0.5, 0.6) is 0 Å². The van der Waals surface area contributed by atoms with Gasteiger partial charge >= 0.3 is 6.03 Å². The highest BCUT2D eigenvalue weighted by molar-refractivity contribution is 5.75. The van der Waals surface area contributed by atoms with Crippen LogP contribution in [0, 0.1) is 0 Å². The molecule has 3 fully saturated rings. The lowest BCUT2D eigenvalue weighted by molar-refractivity contribution is 0.228. The fourth-order valence-electron chi connectivity index (χ4n) is 5.67. The average Bonchev–Trinajstić information content (AvgIpc) is 3.49. The van der Waals surface area contributed by atoms with Crippen molar-refractivity contribution in [2.45, 2.75) is 101 Å². The van der Waals surface area contributed by atoms with E-state index < -0.39 is 0 Å². The molecule has 5 rings (SSSR count). The molecule has 8 heteroatoms. The van der Waals surface area contributed by atoms with Crippen molar-refractivity contribution in [2.24, 2.45) is 0 Å². The first-order valence-electron chi connectivity index (χ1n) is 12.4. The van der Waals surface area contributed by atoms with Gasteiger partial charge in [0.1, 0.15) is 5.65 Å². The van der Waals surface area contributed by atoms with Crippen LogP contribution in [0.25, 0.3) is 11.0 Å². The van der Waals surface area contributed by atoms with Gasteiger partial charge in [-0.05, 0) is 57.4 Å². The second-order valence-electron chi connectivity index (χ2n) is 9.74. The monoisotopic (exact) mass is 438 g/mol. The molecule has 2 heterocycles. The smallest absolute Gasteiger partial charge is 0.315 e. The van der Waals surface area contributed by atoms with Crippen molar-refractivity contribution < 1.29 is 4.79 Å². The molecule has 0 bridgehead atoms. The van der Waals surface area contributed by atoms with Gasteiger partial charge in [-0.25, -0.2) is 9.78 Å². The molecule has 2 aromatic rings. The van der Waals surface area contributed by atoms with Crippen molar-refractivity contribution in [3.63, 3.8) is 0 Å². The van der Waals surface area contributed by atoms with E-state index in [1.54, 1.807) is 6.07 Å². The Labute approximate surface area is 188 Å². The van der Waals surface area contributed by atoms with Crippen LogP contribution >= 0.6 is 0 Å². The summed E-state index contributed by atoms with van der Waals surface area (Å²) in [6.07, 6.45) is 14.7. The Morgan fingerprint density at radius 2 is 1.47 bits per heavy atom. The predicted octanol–water partition coefficient (Wildman–Crippen LogP) is 3.87. The molecule has 0 aromatic carbocycles. The molecule has 0 unspecified atom stereocenters. The molecule has 0 aliphatic heterocycles. The van der Waals surface area contributed by atoms with Crippen molar-refractivity contribution in [1.82, 2.24) is 25.2 Å². The van der Waals surface area contributed by atoms with Gasteiger partial charge in [-0.15, -0.1) is 0 Å². The zero-order valence-corrected chi connectivity index (χ0v) is 18.7. The molecule has 0 saturated heterocycles. The summed E-state index contributed by atoms with van der Waals surface area (Å²) in [4.78, 5) is 34.1. The molecule has 172 valence electrons. The third-order valence-corrected chi connectivity index (χ3v) is 7.44. The number of nitrogens with one attached hydrogen (secondary N) is 3. The van der Waals surface area contributed by atoms with Gasteiger partial charge in [0.25, 0.3) is 5.56 Å². The molecule has 32 heavy (non-hydrogen) atoms. The minimum Gasteiger partial charge on any atom is -0.351 e. The highest BCUT2D eigenvalue weighted by Gasteiger charge is 2.25. The summed E-state index contributed by atoms with van der Waals surface area (Å²) >= 11 is 0. The van der Waals surface area contributed by atoms with Crippen LogP contribution in [-0.2, 0) is 0 Å². The lowest BCUT2D eigenvalue weighted by Gasteiger charge is -2.30. The minimum absolute atomic E-state index is 0.0175. The average molecular weight is 439 g/mol. The number of amides is 2. The van der Waals surface area contributed by atoms with Crippen LogP contribution in [0.3, 0.4) is 0 Å². The number of anilines is 1. The molecule has 0 atom stereocenters. The minimum atomic E-state index is -0.0175. The Bertz CT molecular complexity index is 1000. The quantitative estimate of drug-likeness (QED) is 0.658. The highest BCUT2D eigenvalue weighted by atomic mass is 16.2. The van der Waals surface area contributed by atoms with Gasteiger partial charge in [0.15, 0.2) is 0 Å². The Morgan fingerprint density at radius 1 is 0.844 bits per heavy atom. The van der Waals surface area contributed by atoms with Gasteiger partial charge in [0.05, 0.1) is 0 Å². The summed E-state index contributed by atoms with van der Waals surface area (Å²) in [5.74, 6) is 0.588. The number of nitrogens with zero attached hydrogens (tertiary/aromatic N) is 3. The van der Waals surface area contributed by atoms with Crippen molar-refractivity contribution in [3.05, 3.63) is 28.7 Å². The largest absolute Gasteiger partial charge is 0.351 e. The Kier molecular flexibility index (Phi) is 6.28. The van der Waals surface area contributed by atoms with E-state index in [-0.39, 0.29) is 29.7 Å². The van der Waals surface area contributed by atoms with Crippen LogP contribution in [0.15, 0.2) is 23.1 Å². The number of hydrogen-bond acceptors (Lipinski definition) is 5. The number of aromatic nitrogens is 3. The summed E-state index contributed by atoms with van der Waals surface area (Å²) in [6, 6.07) is 4.52. The number of hydrogen-bond donors (Lipinski definition) is 3. The lowest BCUT2D eigenvalue weighted by atomic mass is 9.91. The van der Waals surface area contributed by atoms with Gasteiger partial charge in [-0.2, -0.15) is 4.98 Å². The summed E-state index contributed by atoms with van der Waals surface area (Å²) in [6.45, 7) is 0. The number of pyridine rings is 1. The summed E-state index contributed by atoms with van der Waals surface area (Å²) in [5.41, 5.74) is 0.761. The Morgan fingerprint density at radius 3 is 2.19 bits per heavy atom. The van der Waals surface area contributed by atoms with Crippen molar-refractivity contribution in [2.75, 3.05) is 5.32 Å². The highest BCUT2D eigenvalue weighted by Crippen LogP contribution is 2.30. The summed E-state index contributed by atoms with van der Waals surface area (Å²) < 4.78 is 1.87. The predicted molar refractivity (Wildman–Crippen MR) is 125 cm³/mol. The van der Waals surface area contributed by atoms with Crippen LogP contribution < -0.4 is 21.5 Å². The van der Waals surface area contributed by atoms with Crippen LogP contribution in [0.2, 0.25) is 0 Å². The first-order valence-corrected chi connectivity index (χ1v) is 12.4. The zero-order chi connectivity index (χ0) is 21.9. The van der Waals surface area contributed by atoms with Gasteiger partial charge in [0, 0.05) is 41.8 Å². The van der Waals surface area contributed by atoms with E-state index in [0.29, 0.717) is 12.0 Å². The third-order valence-electron chi connectivity index (χ3n) is 7.44. The van der Waals surface area contributed by atoms with Crippen molar-refractivity contribution in [1.29, 1.82) is 0 Å². The zero-order valence-electron chi connectivity index (χ0n) is 18.7. The van der Waals surface area contributed by atoms with Gasteiger partial charge in [-0.3, -0.25) is 9.36 Å². The first kappa shape index (κ1) is 21.2. The molecule has 3 N–H and O–H groups in total. The van der Waals surface area contributed by atoms with Crippen LogP contribution in [0.4, 0.5) is 10.7 Å². The number of urea groups is 1. The molecule has 2 amide bonds. The topological polar surface area (TPSA) is 101 Å². The Balaban J connectivity index is 1.19. The van der Waals surface area contributed by atoms with E-state index in [1.807, 2.05) is 16.8 Å². The molecule has 2 aromatic heterocycles. The molecular formula is C24H34N6O2. The maximum atomic E-state index is 12.6. The molecule has 3 aliphatic carbocycles. The normalized spacial score (nSPS) is 24.6. The fourth-order valence-corrected chi connectivity index (χ4v) is 5.67. The van der Waals surface area contributed by atoms with E-state index in [2.05, 4.69) is 20.9 Å². The molecule has 3 saturated carbocycles. The molecule has 0 spiro atoms. The Hall–Kier alpha value is -2.64. The number of carbonyl (C=O) groups excluding carboxylic acids is 1. The van der Waals surface area contributed by atoms with E-state index >= 15 is 0 Å². The van der Waals surface area contributed by atoms with Crippen molar-refractivity contribution in [3.8, 4) is 0 Å². The lowest BCUT2D eigenvalue weighted by Crippen LogP contribution is -2.47. The maximum absolute atomic E-state index is 12.6. The van der Waals surface area contributed by atoms with Crippen LogP contribution in [0.1, 0.15) is 83.1 Å². The maximum Gasteiger partial charge on any atom is 0.315 e. The van der Waals surface area contributed by atoms with Gasteiger partial charge in [-0.1, -0.05) is 25.7 Å². The second-order valence-corrected chi connectivity index (χ2v) is 9.74. The fraction of sp³-hybridized carbons (Fsp3) is 0.667. The van der Waals surface area contributed by atoms with E-state index in [9.17, 15) is 9.59 Å². The van der Waals surface area contributed by atoms with E-state index in [1.165, 1.54) is 25.7 Å². The van der Waals surface area contributed by atoms with Crippen LogP contribution in [-0.4, -0.2) is 38.7 Å². The number of carbonyl (C=O) groups is 1. The van der Waals surface area contributed by atoms with E-state index in [0.717, 1.165) is 62.4 Å². The molecule has 0 radical (unpaired) electrons. The first-order chi connectivity index (χ1) is 15.7. The summed E-state index contributed by atoms with van der Waals surface area (Å²) in [7, 11) is 0. The SMILES string of the molecule is O=C(NC1CCCC1)NC1CCC(Nc2ncc3ccc(=O)n(C4CCCC4)c3n2)CC1. The number of fused-ring (bicyclic) bond motifs is 1. The van der Waals surface area contributed by atoms with Gasteiger partial charge in [0.2, 0.25) is 5.95 Å². The van der Waals surface area contributed by atoms with Gasteiger partial charge < -0.3 is 16.0 Å². The van der Waals surface area contributed by atoms with E-state index in [4.69, 9.17) is 4.98 Å². The van der Waals surface area contributed by atoms with Crippen molar-refractivity contribution >= 4 is 23.0 Å². The second kappa shape index (κ2) is 9.46. The summed E-state index contributed by atoms with van der Waals surface area (Å²) in [5, 5.41) is 10.6. The molecule has 3 aliphatic rings. The third kappa shape index (κ3) is 4.74. The number of rotatable bonds is 5. The standard InChI is InChI=1S/C24H34N6O2/c31-21-14-9-16-15-25-23(29-22(16)30(21)20-7-3-4-8-20)26-18-10-12-19(13-11-18)28-24(32)27-17-5-1-2-6-17/h9,14-15,17-20H,1-8,10-13H2,(H,25,26,29)(H2,27,28,32). The molecular weight excluding hydrogens is 404 g/mol. The molecule has 8 nitrogen and oxygen atoms in total.